The summed E-state index contributed by atoms with van der Waals surface area (Å²) in [5.74, 6) is -1.89. The second-order valence-electron chi connectivity index (χ2n) is 9.59. The van der Waals surface area contributed by atoms with Gasteiger partial charge < -0.3 is 15.4 Å². The number of urea groups is 1. The largest absolute Gasteiger partial charge is 0.490 e. The van der Waals surface area contributed by atoms with E-state index in [2.05, 4.69) is 10.6 Å². The Bertz CT molecular complexity index is 1170. The normalized spacial score (nSPS) is 17.3. The number of benzene rings is 2. The van der Waals surface area contributed by atoms with Crippen molar-refractivity contribution in [2.24, 2.45) is 5.92 Å². The van der Waals surface area contributed by atoms with Gasteiger partial charge in [0, 0.05) is 19.0 Å². The quantitative estimate of drug-likeness (QED) is 0.366. The maximum atomic E-state index is 15.2. The molecule has 1 heterocycles. The van der Waals surface area contributed by atoms with Crippen LogP contribution >= 0.6 is 11.6 Å². The van der Waals surface area contributed by atoms with E-state index in [-0.39, 0.29) is 45.6 Å². The number of nitrogens with one attached hydrogen (secondary N) is 3. The highest BCUT2D eigenvalue weighted by Gasteiger charge is 2.27. The Morgan fingerprint density at radius 3 is 2.54 bits per heavy atom. The van der Waals surface area contributed by atoms with E-state index in [0.29, 0.717) is 13.0 Å². The first-order valence-corrected chi connectivity index (χ1v) is 13.0. The van der Waals surface area contributed by atoms with Crippen molar-refractivity contribution in [3.05, 3.63) is 52.6 Å². The minimum atomic E-state index is -0.862. The molecule has 37 heavy (non-hydrogen) atoms. The SMILES string of the molecule is CC(Oc1cc(NC(=O)N2CCCCC2=N)c(F)cc1C(=O)Nc1c(F)cccc1Cl)C1CCCCC1. The fourth-order valence-corrected chi connectivity index (χ4v) is 5.07. The minimum absolute atomic E-state index is 0.000253. The molecule has 1 unspecified atom stereocenters. The second-order valence-corrected chi connectivity index (χ2v) is 9.99. The van der Waals surface area contributed by atoms with Crippen molar-refractivity contribution in [1.29, 1.82) is 5.41 Å². The highest BCUT2D eigenvalue weighted by Crippen LogP contribution is 2.34. The summed E-state index contributed by atoms with van der Waals surface area (Å²) in [7, 11) is 0. The van der Waals surface area contributed by atoms with E-state index < -0.39 is 23.6 Å². The van der Waals surface area contributed by atoms with Gasteiger partial charge in [-0.05, 0) is 56.7 Å². The average Bonchev–Trinajstić information content (AvgIpc) is 2.88. The number of rotatable bonds is 6. The first-order chi connectivity index (χ1) is 17.7. The first-order valence-electron chi connectivity index (χ1n) is 12.7. The van der Waals surface area contributed by atoms with Crippen molar-refractivity contribution in [3.63, 3.8) is 0 Å². The zero-order chi connectivity index (χ0) is 26.5. The molecule has 1 saturated carbocycles. The van der Waals surface area contributed by atoms with Gasteiger partial charge in [-0.25, -0.2) is 13.6 Å². The third kappa shape index (κ3) is 6.39. The van der Waals surface area contributed by atoms with Crippen LogP contribution < -0.4 is 15.4 Å². The van der Waals surface area contributed by atoms with Crippen LogP contribution in [0.25, 0.3) is 0 Å². The number of amidine groups is 1. The Morgan fingerprint density at radius 2 is 1.84 bits per heavy atom. The summed E-state index contributed by atoms with van der Waals surface area (Å²) in [4.78, 5) is 27.2. The van der Waals surface area contributed by atoms with Gasteiger partial charge in [-0.1, -0.05) is 36.9 Å². The molecular formula is C27H31ClF2N4O3. The summed E-state index contributed by atoms with van der Waals surface area (Å²) in [5.41, 5.74) is -0.542. The topological polar surface area (TPSA) is 94.5 Å². The molecule has 198 valence electrons. The van der Waals surface area contributed by atoms with Crippen molar-refractivity contribution in [2.75, 3.05) is 17.2 Å². The second kappa shape index (κ2) is 11.9. The summed E-state index contributed by atoms with van der Waals surface area (Å²) in [6, 6.07) is 5.61. The van der Waals surface area contributed by atoms with Crippen molar-refractivity contribution >= 4 is 40.7 Å². The van der Waals surface area contributed by atoms with Crippen molar-refractivity contribution in [2.45, 2.75) is 64.4 Å². The van der Waals surface area contributed by atoms with Gasteiger partial charge >= 0.3 is 6.03 Å². The lowest BCUT2D eigenvalue weighted by molar-refractivity contribution is 0.0996. The molecular weight excluding hydrogens is 502 g/mol. The number of likely N-dealkylation sites (tertiary alicyclic amines) is 1. The fraction of sp³-hybridized carbons (Fsp3) is 0.444. The zero-order valence-electron chi connectivity index (χ0n) is 20.7. The van der Waals surface area contributed by atoms with Gasteiger partial charge in [0.1, 0.15) is 23.2 Å². The molecule has 2 aromatic carbocycles. The van der Waals surface area contributed by atoms with Crippen LogP contribution in [0.15, 0.2) is 30.3 Å². The molecule has 2 fully saturated rings. The van der Waals surface area contributed by atoms with Crippen LogP contribution in [0.2, 0.25) is 5.02 Å². The molecule has 1 aliphatic carbocycles. The molecule has 1 aliphatic heterocycles. The van der Waals surface area contributed by atoms with Crippen LogP contribution in [0.3, 0.4) is 0 Å². The predicted octanol–water partition coefficient (Wildman–Crippen LogP) is 7.21. The van der Waals surface area contributed by atoms with Crippen molar-refractivity contribution < 1.29 is 23.1 Å². The third-order valence-electron chi connectivity index (χ3n) is 7.00. The standard InChI is InChI=1S/C27H31ClF2N4O3/c1-16(17-8-3-2-4-9-17)37-23-15-22(32-27(36)34-13-6-5-12-24(34)31)21(30)14-18(23)26(35)33-25-19(28)10-7-11-20(25)29/h7,10-11,14-17,31H,2-6,8-9,12-13H2,1H3,(H,32,36)(H,33,35). The summed E-state index contributed by atoms with van der Waals surface area (Å²) in [5, 5.41) is 13.0. The van der Waals surface area contributed by atoms with Gasteiger partial charge in [0.05, 0.1) is 28.1 Å². The minimum Gasteiger partial charge on any atom is -0.490 e. The lowest BCUT2D eigenvalue weighted by Crippen LogP contribution is -2.42. The molecule has 0 bridgehead atoms. The van der Waals surface area contributed by atoms with Gasteiger partial charge in [0.15, 0.2) is 0 Å². The molecule has 10 heteroatoms. The van der Waals surface area contributed by atoms with Crippen LogP contribution in [0.5, 0.6) is 5.75 Å². The van der Waals surface area contributed by atoms with E-state index in [1.54, 1.807) is 0 Å². The summed E-state index contributed by atoms with van der Waals surface area (Å²) >= 11 is 6.06. The van der Waals surface area contributed by atoms with E-state index in [4.69, 9.17) is 21.7 Å². The molecule has 2 aromatic rings. The van der Waals surface area contributed by atoms with Gasteiger partial charge in [0.2, 0.25) is 0 Å². The third-order valence-corrected chi connectivity index (χ3v) is 7.31. The maximum absolute atomic E-state index is 15.2. The first kappa shape index (κ1) is 26.9. The maximum Gasteiger partial charge on any atom is 0.327 e. The van der Waals surface area contributed by atoms with Gasteiger partial charge in [0.25, 0.3) is 5.91 Å². The van der Waals surface area contributed by atoms with Crippen LogP contribution in [0, 0.1) is 23.0 Å². The number of ether oxygens (including phenoxy) is 1. The molecule has 0 radical (unpaired) electrons. The van der Waals surface area contributed by atoms with Gasteiger partial charge in [-0.2, -0.15) is 0 Å². The summed E-state index contributed by atoms with van der Waals surface area (Å²) < 4.78 is 35.7. The number of hydrogen-bond donors (Lipinski definition) is 3. The Labute approximate surface area is 220 Å². The van der Waals surface area contributed by atoms with Crippen LogP contribution in [0.4, 0.5) is 25.0 Å². The Balaban J connectivity index is 1.63. The van der Waals surface area contributed by atoms with Crippen molar-refractivity contribution in [1.82, 2.24) is 4.90 Å². The van der Waals surface area contributed by atoms with E-state index in [1.165, 1.54) is 29.5 Å². The lowest BCUT2D eigenvalue weighted by atomic mass is 9.86. The highest BCUT2D eigenvalue weighted by atomic mass is 35.5. The molecule has 7 nitrogen and oxygen atoms in total. The Morgan fingerprint density at radius 1 is 1.08 bits per heavy atom. The van der Waals surface area contributed by atoms with Gasteiger partial charge in [-0.15, -0.1) is 0 Å². The van der Waals surface area contributed by atoms with E-state index >= 15 is 4.39 Å². The number of anilines is 2. The molecule has 0 spiro atoms. The molecule has 2 aliphatic rings. The number of carbonyl (C=O) groups excluding carboxylic acids is 2. The number of hydrogen-bond acceptors (Lipinski definition) is 4. The monoisotopic (exact) mass is 532 g/mol. The highest BCUT2D eigenvalue weighted by molar-refractivity contribution is 6.34. The van der Waals surface area contributed by atoms with Crippen LogP contribution in [0.1, 0.15) is 68.6 Å². The van der Waals surface area contributed by atoms with Gasteiger partial charge in [-0.3, -0.25) is 15.1 Å². The average molecular weight is 533 g/mol. The molecule has 0 aromatic heterocycles. The van der Waals surface area contributed by atoms with E-state index in [0.717, 1.165) is 50.7 Å². The number of nitrogens with zero attached hydrogens (tertiary/aromatic N) is 1. The number of halogens is 3. The van der Waals surface area contributed by atoms with Crippen LogP contribution in [-0.2, 0) is 0 Å². The molecule has 1 saturated heterocycles. The lowest BCUT2D eigenvalue weighted by Gasteiger charge is -2.29. The number of carbonyl (C=O) groups is 2. The molecule has 3 amide bonds. The summed E-state index contributed by atoms with van der Waals surface area (Å²) in [6.07, 6.45) is 7.08. The van der Waals surface area contributed by atoms with Crippen molar-refractivity contribution in [3.8, 4) is 5.75 Å². The van der Waals surface area contributed by atoms with Crippen LogP contribution in [-0.4, -0.2) is 35.3 Å². The molecule has 1 atom stereocenters. The number of amides is 3. The Hall–Kier alpha value is -3.20. The number of para-hydroxylation sites is 1. The molecule has 4 rings (SSSR count). The predicted molar refractivity (Wildman–Crippen MR) is 140 cm³/mol. The van der Waals surface area contributed by atoms with E-state index in [1.807, 2.05) is 6.92 Å². The van der Waals surface area contributed by atoms with E-state index in [9.17, 15) is 14.0 Å². The summed E-state index contributed by atoms with van der Waals surface area (Å²) in [6.45, 7) is 2.28. The zero-order valence-corrected chi connectivity index (χ0v) is 21.5. The number of piperidine rings is 1. The fourth-order valence-electron chi connectivity index (χ4n) is 4.86. The smallest absolute Gasteiger partial charge is 0.327 e. The molecule has 3 N–H and O–H groups in total. The Kier molecular flexibility index (Phi) is 8.63.